The van der Waals surface area contributed by atoms with Gasteiger partial charge in [0, 0.05) is 12.6 Å². The number of carbonyl (C=O) groups is 1. The molecule has 0 atom stereocenters. The third kappa shape index (κ3) is 27.2. The van der Waals surface area contributed by atoms with Crippen LogP contribution in [0.3, 0.4) is 0 Å². The van der Waals surface area contributed by atoms with Crippen LogP contribution in [0.25, 0.3) is 0 Å². The van der Waals surface area contributed by atoms with E-state index in [0.717, 1.165) is 12.6 Å². The van der Waals surface area contributed by atoms with Gasteiger partial charge in [0.25, 0.3) is 0 Å². The Hall–Kier alpha value is -0.870. The third-order valence-electron chi connectivity index (χ3n) is 0.849. The molecule has 0 radical (unpaired) electrons. The first-order chi connectivity index (χ1) is 5.18. The molecule has 0 aliphatic carbocycles. The Morgan fingerprint density at radius 1 is 1.82 bits per heavy atom. The lowest BCUT2D eigenvalue weighted by atomic mass is 10.3. The monoisotopic (exact) mass is 160 g/mol. The Morgan fingerprint density at radius 2 is 2.27 bits per heavy atom. The predicted octanol–water partition coefficient (Wildman–Crippen LogP) is 0.507. The van der Waals surface area contributed by atoms with E-state index in [4.69, 9.17) is 10.9 Å². The van der Waals surface area contributed by atoms with Gasteiger partial charge in [-0.3, -0.25) is 11.3 Å². The molecular formula is C7H16N2O2. The maximum absolute atomic E-state index is 9.25. The number of carboxylic acids is 1. The highest BCUT2D eigenvalue weighted by Gasteiger charge is 1.74. The number of hydrogen-bond acceptors (Lipinski definition) is 3. The van der Waals surface area contributed by atoms with Gasteiger partial charge in [0.1, 0.15) is 0 Å². The molecule has 0 saturated heterocycles. The molecule has 0 aliphatic rings. The van der Waals surface area contributed by atoms with Gasteiger partial charge in [-0.05, 0) is 6.42 Å². The first-order valence-corrected chi connectivity index (χ1v) is 3.47. The highest BCUT2D eigenvalue weighted by atomic mass is 16.4. The molecule has 0 amide bonds. The maximum atomic E-state index is 9.25. The van der Waals surface area contributed by atoms with Gasteiger partial charge in [0.05, 0.1) is 0 Å². The van der Waals surface area contributed by atoms with E-state index in [1.807, 2.05) is 0 Å². The number of hydrogen-bond donors (Lipinski definition) is 3. The predicted molar refractivity (Wildman–Crippen MR) is 44.9 cm³/mol. The normalized spacial score (nSPS) is 7.82. The fraction of sp³-hybridized carbons (Fsp3) is 0.571. The molecule has 4 N–H and O–H groups in total. The lowest BCUT2D eigenvalue weighted by Gasteiger charge is -1.89. The standard InChI is InChI=1S/C4H12N2.C3H4O2/c1-2-3-4-6-5;1-2-3(4)5/h6H,2-5H2,1H3;2H,1H2,(H,4,5). The molecular weight excluding hydrogens is 144 g/mol. The fourth-order valence-corrected chi connectivity index (χ4v) is 0.279. The van der Waals surface area contributed by atoms with Crippen molar-refractivity contribution in [3.63, 3.8) is 0 Å². The van der Waals surface area contributed by atoms with Crippen molar-refractivity contribution in [2.75, 3.05) is 6.54 Å². The molecule has 0 aliphatic heterocycles. The summed E-state index contributed by atoms with van der Waals surface area (Å²) in [5.74, 6) is 3.98. The van der Waals surface area contributed by atoms with E-state index in [-0.39, 0.29) is 0 Å². The van der Waals surface area contributed by atoms with E-state index in [1.165, 1.54) is 12.8 Å². The van der Waals surface area contributed by atoms with Gasteiger partial charge in [-0.25, -0.2) is 4.79 Å². The molecule has 11 heavy (non-hydrogen) atoms. The number of nitrogens with one attached hydrogen (secondary N) is 1. The molecule has 0 saturated carbocycles. The van der Waals surface area contributed by atoms with Crippen molar-refractivity contribution in [2.24, 2.45) is 5.84 Å². The van der Waals surface area contributed by atoms with E-state index in [2.05, 4.69) is 18.9 Å². The minimum atomic E-state index is -0.981. The minimum Gasteiger partial charge on any atom is -0.478 e. The minimum absolute atomic E-state index is 0.833. The summed E-state index contributed by atoms with van der Waals surface area (Å²) in [6, 6.07) is 0. The summed E-state index contributed by atoms with van der Waals surface area (Å²) in [7, 11) is 0. The second-order valence-corrected chi connectivity index (χ2v) is 1.85. The van der Waals surface area contributed by atoms with Crippen molar-refractivity contribution in [1.82, 2.24) is 5.43 Å². The van der Waals surface area contributed by atoms with Crippen molar-refractivity contribution in [3.05, 3.63) is 12.7 Å². The van der Waals surface area contributed by atoms with E-state index in [0.29, 0.717) is 0 Å². The van der Waals surface area contributed by atoms with Crippen LogP contribution >= 0.6 is 0 Å². The molecule has 0 aromatic rings. The van der Waals surface area contributed by atoms with Crippen molar-refractivity contribution in [1.29, 1.82) is 0 Å². The molecule has 66 valence electrons. The Kier molecular flexibility index (Phi) is 13.8. The van der Waals surface area contributed by atoms with Crippen molar-refractivity contribution >= 4 is 5.97 Å². The van der Waals surface area contributed by atoms with Gasteiger partial charge in [-0.1, -0.05) is 19.9 Å². The average Bonchev–Trinajstić information content (AvgIpc) is 2.02. The molecule has 0 aromatic carbocycles. The van der Waals surface area contributed by atoms with E-state index in [9.17, 15) is 4.79 Å². The van der Waals surface area contributed by atoms with Crippen LogP contribution in [0, 0.1) is 0 Å². The van der Waals surface area contributed by atoms with Crippen molar-refractivity contribution in [2.45, 2.75) is 19.8 Å². The SMILES string of the molecule is C=CC(=O)O.CCCCNN. The van der Waals surface area contributed by atoms with E-state index >= 15 is 0 Å². The largest absolute Gasteiger partial charge is 0.478 e. The molecule has 0 aromatic heterocycles. The van der Waals surface area contributed by atoms with Crippen LogP contribution in [0.1, 0.15) is 19.8 Å². The summed E-state index contributed by atoms with van der Waals surface area (Å²) in [5, 5.41) is 7.60. The Labute approximate surface area is 67.1 Å². The fourth-order valence-electron chi connectivity index (χ4n) is 0.279. The van der Waals surface area contributed by atoms with Crippen LogP contribution in [0.2, 0.25) is 0 Å². The lowest BCUT2D eigenvalue weighted by molar-refractivity contribution is -0.131. The van der Waals surface area contributed by atoms with Crippen LogP contribution in [-0.4, -0.2) is 17.6 Å². The summed E-state index contributed by atoms with van der Waals surface area (Å²) in [6.45, 7) is 6.04. The van der Waals surface area contributed by atoms with Gasteiger partial charge in [0.2, 0.25) is 0 Å². The first-order valence-electron chi connectivity index (χ1n) is 3.47. The average molecular weight is 160 g/mol. The van der Waals surface area contributed by atoms with Crippen LogP contribution in [0.4, 0.5) is 0 Å². The molecule has 0 spiro atoms. The molecule has 4 nitrogen and oxygen atoms in total. The topological polar surface area (TPSA) is 75.3 Å². The summed E-state index contributed by atoms with van der Waals surface area (Å²) in [5.41, 5.74) is 2.57. The van der Waals surface area contributed by atoms with Crippen LogP contribution in [0.15, 0.2) is 12.7 Å². The van der Waals surface area contributed by atoms with Crippen molar-refractivity contribution < 1.29 is 9.90 Å². The van der Waals surface area contributed by atoms with E-state index < -0.39 is 5.97 Å². The summed E-state index contributed by atoms with van der Waals surface area (Å²) >= 11 is 0. The molecule has 0 bridgehead atoms. The molecule has 0 heterocycles. The number of hydrazine groups is 1. The van der Waals surface area contributed by atoms with Gasteiger partial charge in [-0.2, -0.15) is 0 Å². The number of unbranched alkanes of at least 4 members (excludes halogenated alkanes) is 1. The lowest BCUT2D eigenvalue weighted by Crippen LogP contribution is -2.22. The van der Waals surface area contributed by atoms with Gasteiger partial charge >= 0.3 is 5.97 Å². The smallest absolute Gasteiger partial charge is 0.327 e. The summed E-state index contributed by atoms with van der Waals surface area (Å²) in [4.78, 5) is 9.25. The third-order valence-corrected chi connectivity index (χ3v) is 0.849. The highest BCUT2D eigenvalue weighted by molar-refractivity contribution is 5.78. The second-order valence-electron chi connectivity index (χ2n) is 1.85. The second kappa shape index (κ2) is 11.9. The van der Waals surface area contributed by atoms with E-state index in [1.54, 1.807) is 0 Å². The zero-order valence-corrected chi connectivity index (χ0v) is 6.84. The zero-order valence-electron chi connectivity index (χ0n) is 6.84. The maximum Gasteiger partial charge on any atom is 0.327 e. The summed E-state index contributed by atoms with van der Waals surface area (Å²) < 4.78 is 0. The molecule has 0 fully saturated rings. The number of aliphatic carboxylic acids is 1. The highest BCUT2D eigenvalue weighted by Crippen LogP contribution is 1.78. The number of rotatable bonds is 4. The van der Waals surface area contributed by atoms with Crippen molar-refractivity contribution in [3.8, 4) is 0 Å². The quantitative estimate of drug-likeness (QED) is 0.242. The Morgan fingerprint density at radius 3 is 2.36 bits per heavy atom. The molecule has 0 rings (SSSR count). The number of nitrogens with two attached hydrogens (primary N) is 1. The zero-order chi connectivity index (χ0) is 9.11. The summed E-state index contributed by atoms with van der Waals surface area (Å²) in [6.07, 6.45) is 3.22. The first kappa shape index (κ1) is 12.8. The Bertz CT molecular complexity index is 101. The number of carboxylic acid groups (broad SMARTS) is 1. The van der Waals surface area contributed by atoms with Gasteiger partial charge in [0.15, 0.2) is 0 Å². The Balaban J connectivity index is 0. The van der Waals surface area contributed by atoms with Crippen LogP contribution < -0.4 is 11.3 Å². The van der Waals surface area contributed by atoms with Crippen LogP contribution in [0.5, 0.6) is 0 Å². The molecule has 0 unspecified atom stereocenters. The molecule has 4 heteroatoms. The van der Waals surface area contributed by atoms with Gasteiger partial charge in [-0.15, -0.1) is 0 Å². The van der Waals surface area contributed by atoms with Gasteiger partial charge < -0.3 is 5.11 Å². The van der Waals surface area contributed by atoms with Crippen LogP contribution in [-0.2, 0) is 4.79 Å².